The van der Waals surface area contributed by atoms with Crippen LogP contribution in [0.2, 0.25) is 0 Å². The van der Waals surface area contributed by atoms with E-state index in [4.69, 9.17) is 9.78 Å². The number of hydrogen-bond donors (Lipinski definition) is 0. The van der Waals surface area contributed by atoms with E-state index in [-0.39, 0.29) is 35.8 Å². The van der Waals surface area contributed by atoms with Crippen LogP contribution in [0.25, 0.3) is 22.4 Å². The van der Waals surface area contributed by atoms with E-state index in [1.165, 1.54) is 22.8 Å². The zero-order valence-corrected chi connectivity index (χ0v) is 18.5. The molecule has 0 N–H and O–H groups in total. The van der Waals surface area contributed by atoms with Gasteiger partial charge in [0.25, 0.3) is 5.89 Å². The molecule has 0 bridgehead atoms. The summed E-state index contributed by atoms with van der Waals surface area (Å²) < 4.78 is 126. The zero-order valence-electron chi connectivity index (χ0n) is 18.5. The predicted octanol–water partition coefficient (Wildman–Crippen LogP) is 7.23. The molecule has 0 spiro atoms. The van der Waals surface area contributed by atoms with E-state index in [1.54, 1.807) is 6.92 Å². The second-order valence-corrected chi connectivity index (χ2v) is 7.92. The molecule has 0 radical (unpaired) electrons. The molecule has 14 heteroatoms. The lowest BCUT2D eigenvalue weighted by atomic mass is 10.0. The lowest BCUT2D eigenvalue weighted by Gasteiger charge is -2.12. The first-order valence-electron chi connectivity index (χ1n) is 10.4. The van der Waals surface area contributed by atoms with E-state index < -0.39 is 52.2 Å². The van der Waals surface area contributed by atoms with Gasteiger partial charge in [-0.25, -0.2) is 0 Å². The highest BCUT2D eigenvalue weighted by Gasteiger charge is 2.38. The second-order valence-electron chi connectivity index (χ2n) is 7.92. The third kappa shape index (κ3) is 4.98. The Bertz CT molecular complexity index is 1490. The molecule has 0 aliphatic carbocycles. The summed E-state index contributed by atoms with van der Waals surface area (Å²) in [6, 6.07) is 5.87. The van der Waals surface area contributed by atoms with Gasteiger partial charge in [0.1, 0.15) is 0 Å². The standard InChI is InChI=1S/C23H13F9N4O/c1-2-15-8-16-17(4-3-11(9-33)19(16)23(30,31)32)36(15)10-18-34-20(37-35-18)12-5-13(21(24,25)26)7-14(6-12)22(27,28)29/h3-8H,2,10H2,1H3. The smallest absolute Gasteiger partial charge is 0.337 e. The minimum atomic E-state index is -5.09. The van der Waals surface area contributed by atoms with Crippen LogP contribution in [0.5, 0.6) is 0 Å². The number of nitriles is 1. The van der Waals surface area contributed by atoms with Crippen LogP contribution in [0.1, 0.15) is 40.7 Å². The van der Waals surface area contributed by atoms with Gasteiger partial charge in [-0.05, 0) is 42.8 Å². The molecule has 0 atom stereocenters. The van der Waals surface area contributed by atoms with Gasteiger partial charge in [-0.1, -0.05) is 12.1 Å². The second kappa shape index (κ2) is 8.82. The minimum Gasteiger partial charge on any atom is -0.337 e. The van der Waals surface area contributed by atoms with Crippen molar-refractivity contribution in [1.29, 1.82) is 5.26 Å². The van der Waals surface area contributed by atoms with Crippen LogP contribution in [-0.2, 0) is 31.5 Å². The molecule has 0 aliphatic rings. The van der Waals surface area contributed by atoms with Gasteiger partial charge in [0.05, 0.1) is 34.9 Å². The van der Waals surface area contributed by atoms with Crippen molar-refractivity contribution in [2.24, 2.45) is 0 Å². The van der Waals surface area contributed by atoms with Crippen molar-refractivity contribution < 1.29 is 44.0 Å². The molecule has 0 amide bonds. The van der Waals surface area contributed by atoms with Crippen molar-refractivity contribution in [3.05, 3.63) is 70.2 Å². The Morgan fingerprint density at radius 1 is 0.892 bits per heavy atom. The molecule has 2 heterocycles. The first-order chi connectivity index (χ1) is 17.1. The maximum absolute atomic E-state index is 13.7. The molecule has 4 aromatic rings. The van der Waals surface area contributed by atoms with Crippen molar-refractivity contribution in [3.8, 4) is 17.5 Å². The molecule has 0 aliphatic heterocycles. The molecule has 4 rings (SSSR count). The Labute approximate surface area is 201 Å². The van der Waals surface area contributed by atoms with Crippen LogP contribution < -0.4 is 0 Å². The molecular formula is C23H13F9N4O. The fraction of sp³-hybridized carbons (Fsp3) is 0.261. The highest BCUT2D eigenvalue weighted by Crippen LogP contribution is 2.40. The Morgan fingerprint density at radius 2 is 1.51 bits per heavy atom. The highest BCUT2D eigenvalue weighted by molar-refractivity contribution is 5.87. The summed E-state index contributed by atoms with van der Waals surface area (Å²) in [5.74, 6) is -0.838. The fourth-order valence-electron chi connectivity index (χ4n) is 3.92. The van der Waals surface area contributed by atoms with E-state index in [2.05, 4.69) is 10.1 Å². The average Bonchev–Trinajstić information content (AvgIpc) is 3.41. The van der Waals surface area contributed by atoms with Gasteiger partial charge in [-0.3, -0.25) is 0 Å². The number of alkyl halides is 9. The lowest BCUT2D eigenvalue weighted by molar-refractivity contribution is -0.143. The Hall–Kier alpha value is -4.02. The van der Waals surface area contributed by atoms with Gasteiger partial charge in [0.2, 0.25) is 0 Å². The van der Waals surface area contributed by atoms with E-state index >= 15 is 0 Å². The number of nitrogens with zero attached hydrogens (tertiary/aromatic N) is 4. The number of aryl methyl sites for hydroxylation is 1. The van der Waals surface area contributed by atoms with Crippen molar-refractivity contribution >= 4 is 10.9 Å². The molecular weight excluding hydrogens is 519 g/mol. The summed E-state index contributed by atoms with van der Waals surface area (Å²) in [5.41, 5.74) is -5.02. The van der Waals surface area contributed by atoms with Gasteiger partial charge >= 0.3 is 18.5 Å². The molecule has 5 nitrogen and oxygen atoms in total. The van der Waals surface area contributed by atoms with Gasteiger partial charge in [-0.15, -0.1) is 0 Å². The molecule has 2 aromatic carbocycles. The molecule has 37 heavy (non-hydrogen) atoms. The number of aromatic nitrogens is 3. The van der Waals surface area contributed by atoms with E-state index in [9.17, 15) is 39.5 Å². The Kier molecular flexibility index (Phi) is 6.21. The maximum atomic E-state index is 13.7. The summed E-state index contributed by atoms with van der Waals surface area (Å²) in [6.07, 6.45) is -14.8. The third-order valence-corrected chi connectivity index (χ3v) is 5.54. The fourth-order valence-corrected chi connectivity index (χ4v) is 3.92. The van der Waals surface area contributed by atoms with Crippen molar-refractivity contribution in [2.45, 2.75) is 38.4 Å². The van der Waals surface area contributed by atoms with Crippen molar-refractivity contribution in [1.82, 2.24) is 14.7 Å². The summed E-state index contributed by atoms with van der Waals surface area (Å²) in [5, 5.41) is 12.5. The molecule has 194 valence electrons. The number of benzene rings is 2. The first-order valence-corrected chi connectivity index (χ1v) is 10.4. The quantitative estimate of drug-likeness (QED) is 0.260. The largest absolute Gasteiger partial charge is 0.418 e. The SMILES string of the molecule is CCc1cc2c(C(F)(F)F)c(C#N)ccc2n1Cc1noc(-c2cc(C(F)(F)F)cc(C(F)(F)F)c2)n1. The van der Waals surface area contributed by atoms with E-state index in [0.29, 0.717) is 17.8 Å². The molecule has 0 saturated heterocycles. The summed E-state index contributed by atoms with van der Waals surface area (Å²) in [6.45, 7) is 1.36. The van der Waals surface area contributed by atoms with Crippen LogP contribution in [0.15, 0.2) is 40.9 Å². The number of halogens is 9. The summed E-state index contributed by atoms with van der Waals surface area (Å²) in [7, 11) is 0. The van der Waals surface area contributed by atoms with Gasteiger partial charge in [0.15, 0.2) is 5.82 Å². The number of rotatable bonds is 4. The Balaban J connectivity index is 1.79. The Morgan fingerprint density at radius 3 is 2.03 bits per heavy atom. The van der Waals surface area contributed by atoms with Gasteiger partial charge in [0, 0.05) is 22.2 Å². The zero-order chi connectivity index (χ0) is 27.3. The maximum Gasteiger partial charge on any atom is 0.418 e. The van der Waals surface area contributed by atoms with Crippen LogP contribution in [0.4, 0.5) is 39.5 Å². The highest BCUT2D eigenvalue weighted by atomic mass is 19.4. The number of hydrogen-bond acceptors (Lipinski definition) is 4. The lowest BCUT2D eigenvalue weighted by Crippen LogP contribution is -2.11. The van der Waals surface area contributed by atoms with Crippen molar-refractivity contribution in [3.63, 3.8) is 0 Å². The van der Waals surface area contributed by atoms with Gasteiger partial charge < -0.3 is 9.09 Å². The van der Waals surface area contributed by atoms with Crippen molar-refractivity contribution in [2.75, 3.05) is 0 Å². The van der Waals surface area contributed by atoms with Crippen LogP contribution in [-0.4, -0.2) is 14.7 Å². The topological polar surface area (TPSA) is 67.6 Å². The molecule has 2 aromatic heterocycles. The predicted molar refractivity (Wildman–Crippen MR) is 110 cm³/mol. The first kappa shape index (κ1) is 26.1. The summed E-state index contributed by atoms with van der Waals surface area (Å²) >= 11 is 0. The van der Waals surface area contributed by atoms with Gasteiger partial charge in [-0.2, -0.15) is 49.8 Å². The summed E-state index contributed by atoms with van der Waals surface area (Å²) in [4.78, 5) is 3.88. The van der Waals surface area contributed by atoms with Crippen LogP contribution in [0.3, 0.4) is 0 Å². The normalized spacial score (nSPS) is 12.8. The van der Waals surface area contributed by atoms with E-state index in [0.717, 1.165) is 6.07 Å². The van der Waals surface area contributed by atoms with E-state index in [1.807, 2.05) is 0 Å². The molecule has 0 saturated carbocycles. The molecule has 0 unspecified atom stereocenters. The monoisotopic (exact) mass is 532 g/mol. The minimum absolute atomic E-state index is 0.0476. The molecule has 0 fully saturated rings. The third-order valence-electron chi connectivity index (χ3n) is 5.54. The number of fused-ring (bicyclic) bond motifs is 1. The average molecular weight is 532 g/mol. The van der Waals surface area contributed by atoms with Crippen LogP contribution >= 0.6 is 0 Å². The van der Waals surface area contributed by atoms with Crippen LogP contribution in [0, 0.1) is 11.3 Å².